The van der Waals surface area contributed by atoms with Crippen molar-refractivity contribution >= 4 is 22.4 Å². The normalized spacial score (nSPS) is 11.9. The average Bonchev–Trinajstić information content (AvgIpc) is 3.33. The van der Waals surface area contributed by atoms with E-state index in [4.69, 9.17) is 4.74 Å². The zero-order valence-electron chi connectivity index (χ0n) is 20.8. The first-order valence-electron chi connectivity index (χ1n) is 13.2. The molecule has 184 valence electrons. The Kier molecular flexibility index (Phi) is 14.6. The molecule has 1 N–H and O–H groups in total. The standard InChI is InChI=1S/C28H44N2O2S/c1-3-5-6-7-8-9-10-11-12-13-14-15-16-18-24-19-17-20-25(23-24)32-26(4-2)27(31)30-28-29-21-22-33-28/h17,19-23,26H,3-16,18H2,1-2H3,(H,29,30,31). The number of nitrogens with zero attached hydrogens (tertiary/aromatic N) is 1. The fourth-order valence-electron chi connectivity index (χ4n) is 4.08. The largest absolute Gasteiger partial charge is 0.481 e. The molecule has 0 aliphatic carbocycles. The van der Waals surface area contributed by atoms with E-state index in [9.17, 15) is 4.79 Å². The van der Waals surface area contributed by atoms with Crippen LogP contribution in [0.4, 0.5) is 5.13 Å². The van der Waals surface area contributed by atoms with E-state index >= 15 is 0 Å². The van der Waals surface area contributed by atoms with Gasteiger partial charge in [0, 0.05) is 11.6 Å². The molecule has 1 atom stereocenters. The highest BCUT2D eigenvalue weighted by Gasteiger charge is 2.19. The highest BCUT2D eigenvalue weighted by molar-refractivity contribution is 7.13. The number of nitrogens with one attached hydrogen (secondary N) is 1. The first-order valence-corrected chi connectivity index (χ1v) is 14.1. The third-order valence-corrected chi connectivity index (χ3v) is 6.76. The van der Waals surface area contributed by atoms with Crippen molar-refractivity contribution in [3.05, 3.63) is 41.4 Å². The van der Waals surface area contributed by atoms with E-state index in [1.807, 2.05) is 24.4 Å². The molecule has 5 heteroatoms. The maximum atomic E-state index is 12.5. The second-order valence-electron chi connectivity index (χ2n) is 8.98. The van der Waals surface area contributed by atoms with Gasteiger partial charge in [0.25, 0.3) is 5.91 Å². The second-order valence-corrected chi connectivity index (χ2v) is 9.88. The number of unbranched alkanes of at least 4 members (excludes halogenated alkanes) is 12. The lowest BCUT2D eigenvalue weighted by Crippen LogP contribution is -2.32. The lowest BCUT2D eigenvalue weighted by Gasteiger charge is -2.17. The number of hydrogen-bond acceptors (Lipinski definition) is 4. The van der Waals surface area contributed by atoms with Crippen LogP contribution in [0.1, 0.15) is 109 Å². The van der Waals surface area contributed by atoms with Gasteiger partial charge in [0.1, 0.15) is 5.75 Å². The maximum Gasteiger partial charge on any atom is 0.267 e. The van der Waals surface area contributed by atoms with E-state index in [0.29, 0.717) is 11.6 Å². The van der Waals surface area contributed by atoms with Gasteiger partial charge in [-0.05, 0) is 37.0 Å². The van der Waals surface area contributed by atoms with Crippen molar-refractivity contribution in [3.63, 3.8) is 0 Å². The number of benzene rings is 1. The van der Waals surface area contributed by atoms with E-state index in [2.05, 4.69) is 29.4 Å². The van der Waals surface area contributed by atoms with Gasteiger partial charge >= 0.3 is 0 Å². The number of hydrogen-bond donors (Lipinski definition) is 1. The SMILES string of the molecule is CCCCCCCCCCCCCCCc1cccc(OC(CC)C(=O)Nc2nccs2)c1. The van der Waals surface area contributed by atoms with Crippen molar-refractivity contribution in [3.8, 4) is 5.75 Å². The summed E-state index contributed by atoms with van der Waals surface area (Å²) < 4.78 is 6.00. The third-order valence-electron chi connectivity index (χ3n) is 6.07. The Labute approximate surface area is 205 Å². The molecule has 1 amide bonds. The van der Waals surface area contributed by atoms with Crippen LogP contribution in [-0.2, 0) is 11.2 Å². The van der Waals surface area contributed by atoms with Crippen molar-refractivity contribution in [2.75, 3.05) is 5.32 Å². The summed E-state index contributed by atoms with van der Waals surface area (Å²) in [6.45, 7) is 4.24. The predicted molar refractivity (Wildman–Crippen MR) is 141 cm³/mol. The number of carbonyl (C=O) groups excluding carboxylic acids is 1. The number of anilines is 1. The topological polar surface area (TPSA) is 51.2 Å². The van der Waals surface area contributed by atoms with Gasteiger partial charge in [-0.1, -0.05) is 103 Å². The molecule has 0 saturated heterocycles. The minimum absolute atomic E-state index is 0.144. The molecule has 0 spiro atoms. The summed E-state index contributed by atoms with van der Waals surface area (Å²) in [5.41, 5.74) is 1.28. The van der Waals surface area contributed by atoms with Gasteiger partial charge < -0.3 is 4.74 Å². The Morgan fingerprint density at radius 1 is 0.939 bits per heavy atom. The minimum atomic E-state index is -0.513. The van der Waals surface area contributed by atoms with E-state index in [-0.39, 0.29) is 5.91 Å². The average molecular weight is 473 g/mol. The van der Waals surface area contributed by atoms with Gasteiger partial charge in [-0.3, -0.25) is 10.1 Å². The van der Waals surface area contributed by atoms with Gasteiger partial charge in [0.2, 0.25) is 0 Å². The number of aromatic nitrogens is 1. The summed E-state index contributed by atoms with van der Waals surface area (Å²) in [4.78, 5) is 16.6. The van der Waals surface area contributed by atoms with Gasteiger partial charge in [0.05, 0.1) is 0 Å². The highest BCUT2D eigenvalue weighted by Crippen LogP contribution is 2.20. The molecule has 1 aromatic carbocycles. The van der Waals surface area contributed by atoms with Crippen molar-refractivity contribution in [2.24, 2.45) is 0 Å². The minimum Gasteiger partial charge on any atom is -0.481 e. The predicted octanol–water partition coefficient (Wildman–Crippen LogP) is 8.57. The lowest BCUT2D eigenvalue weighted by molar-refractivity contribution is -0.122. The van der Waals surface area contributed by atoms with Crippen molar-refractivity contribution in [1.29, 1.82) is 0 Å². The van der Waals surface area contributed by atoms with Crippen LogP contribution in [0.25, 0.3) is 0 Å². The number of aryl methyl sites for hydroxylation is 1. The molecule has 2 aromatic rings. The molecule has 0 aliphatic rings. The molecule has 0 bridgehead atoms. The number of carbonyl (C=O) groups is 1. The Bertz CT molecular complexity index is 748. The molecular formula is C28H44N2O2S. The summed E-state index contributed by atoms with van der Waals surface area (Å²) in [6, 6.07) is 8.20. The lowest BCUT2D eigenvalue weighted by atomic mass is 10.0. The van der Waals surface area contributed by atoms with Gasteiger partial charge in [0.15, 0.2) is 11.2 Å². The summed E-state index contributed by atoms with van der Waals surface area (Å²) in [7, 11) is 0. The van der Waals surface area contributed by atoms with Crippen LogP contribution in [0.15, 0.2) is 35.8 Å². The molecule has 0 radical (unpaired) electrons. The summed E-state index contributed by atoms with van der Waals surface area (Å²) >= 11 is 1.41. The first-order chi connectivity index (χ1) is 16.2. The first kappa shape index (κ1) is 27.4. The summed E-state index contributed by atoms with van der Waals surface area (Å²) in [6.07, 6.45) is 20.7. The Morgan fingerprint density at radius 3 is 2.15 bits per heavy atom. The fraction of sp³-hybridized carbons (Fsp3) is 0.643. The Morgan fingerprint density at radius 2 is 1.58 bits per heavy atom. The zero-order valence-corrected chi connectivity index (χ0v) is 21.6. The molecule has 1 heterocycles. The molecule has 2 rings (SSSR count). The number of thiazole rings is 1. The monoisotopic (exact) mass is 472 g/mol. The van der Waals surface area contributed by atoms with Gasteiger partial charge in [-0.15, -0.1) is 11.3 Å². The van der Waals surface area contributed by atoms with Crippen LogP contribution in [-0.4, -0.2) is 17.0 Å². The van der Waals surface area contributed by atoms with Crippen molar-refractivity contribution in [2.45, 2.75) is 116 Å². The smallest absolute Gasteiger partial charge is 0.267 e. The molecule has 0 saturated carbocycles. The fourth-order valence-corrected chi connectivity index (χ4v) is 4.61. The molecule has 1 unspecified atom stereocenters. The van der Waals surface area contributed by atoms with Crippen molar-refractivity contribution in [1.82, 2.24) is 4.98 Å². The van der Waals surface area contributed by atoms with E-state index in [0.717, 1.165) is 12.2 Å². The van der Waals surface area contributed by atoms with Gasteiger partial charge in [-0.25, -0.2) is 4.98 Å². The molecule has 0 aliphatic heterocycles. The van der Waals surface area contributed by atoms with Crippen LogP contribution < -0.4 is 10.1 Å². The number of rotatable bonds is 19. The summed E-state index contributed by atoms with van der Waals surface area (Å²) in [5.74, 6) is 0.623. The van der Waals surface area contributed by atoms with Crippen molar-refractivity contribution < 1.29 is 9.53 Å². The van der Waals surface area contributed by atoms with Crippen LogP contribution in [0, 0.1) is 0 Å². The molecule has 1 aromatic heterocycles. The number of amides is 1. The Hall–Kier alpha value is -1.88. The molecule has 0 fully saturated rings. The quantitative estimate of drug-likeness (QED) is 0.208. The van der Waals surface area contributed by atoms with Crippen LogP contribution in [0.2, 0.25) is 0 Å². The van der Waals surface area contributed by atoms with E-state index in [1.165, 1.54) is 100 Å². The molecule has 33 heavy (non-hydrogen) atoms. The highest BCUT2D eigenvalue weighted by atomic mass is 32.1. The molecular weight excluding hydrogens is 428 g/mol. The zero-order chi connectivity index (χ0) is 23.6. The van der Waals surface area contributed by atoms with Crippen LogP contribution >= 0.6 is 11.3 Å². The third kappa shape index (κ3) is 12.2. The van der Waals surface area contributed by atoms with Crippen LogP contribution in [0.3, 0.4) is 0 Å². The van der Waals surface area contributed by atoms with E-state index in [1.54, 1.807) is 6.20 Å². The Balaban J connectivity index is 1.56. The number of ether oxygens (including phenoxy) is 1. The maximum absolute atomic E-state index is 12.5. The second kappa shape index (κ2) is 17.6. The van der Waals surface area contributed by atoms with Crippen LogP contribution in [0.5, 0.6) is 5.75 Å². The van der Waals surface area contributed by atoms with E-state index < -0.39 is 6.10 Å². The molecule has 4 nitrogen and oxygen atoms in total. The van der Waals surface area contributed by atoms with Gasteiger partial charge in [-0.2, -0.15) is 0 Å². The summed E-state index contributed by atoms with van der Waals surface area (Å²) in [5, 5.41) is 5.29.